The van der Waals surface area contributed by atoms with Gasteiger partial charge in [-0.3, -0.25) is 4.79 Å². The Kier molecular flexibility index (Phi) is 3.03. The molecule has 3 heteroatoms. The van der Waals surface area contributed by atoms with Crippen molar-refractivity contribution in [2.75, 3.05) is 0 Å². The van der Waals surface area contributed by atoms with E-state index in [2.05, 4.69) is 13.0 Å². The molecule has 1 N–H and O–H groups in total. The van der Waals surface area contributed by atoms with Gasteiger partial charge in [0.15, 0.2) is 5.78 Å². The third-order valence-corrected chi connectivity index (χ3v) is 7.29. The minimum absolute atomic E-state index is 0.00127. The summed E-state index contributed by atoms with van der Waals surface area (Å²) in [7, 11) is 0. The number of carbonyl (C=O) groups excluding carboxylic acids is 2. The van der Waals surface area contributed by atoms with E-state index in [1.54, 1.807) is 6.08 Å². The summed E-state index contributed by atoms with van der Waals surface area (Å²) >= 11 is 0. The number of allylic oxidation sites excluding steroid dienone is 4. The number of aliphatic hydroxyl groups is 1. The highest BCUT2D eigenvalue weighted by Crippen LogP contribution is 2.63. The molecule has 0 amide bonds. The highest BCUT2D eigenvalue weighted by Gasteiger charge is 2.59. The second-order valence-electron chi connectivity index (χ2n) is 8.01. The van der Waals surface area contributed by atoms with Crippen molar-refractivity contribution in [2.45, 2.75) is 51.6 Å². The predicted octanol–water partition coefficient (Wildman–Crippen LogP) is 2.83. The molecule has 6 atom stereocenters. The number of aldehydes is 1. The molecule has 0 spiro atoms. The molecular weight excluding hydrogens is 276 g/mol. The number of rotatable bonds is 1. The number of hydrogen-bond donors (Lipinski definition) is 1. The zero-order valence-electron chi connectivity index (χ0n) is 13.1. The van der Waals surface area contributed by atoms with E-state index in [-0.39, 0.29) is 17.3 Å². The van der Waals surface area contributed by atoms with Crippen LogP contribution in [0.4, 0.5) is 0 Å². The van der Waals surface area contributed by atoms with Crippen molar-refractivity contribution in [3.05, 3.63) is 23.8 Å². The van der Waals surface area contributed by atoms with E-state index in [0.717, 1.165) is 37.5 Å². The summed E-state index contributed by atoms with van der Waals surface area (Å²) in [6.07, 6.45) is 11.9. The monoisotopic (exact) mass is 300 g/mol. The smallest absolute Gasteiger partial charge is 0.156 e. The third-order valence-electron chi connectivity index (χ3n) is 7.29. The summed E-state index contributed by atoms with van der Waals surface area (Å²) in [6.45, 7) is 2.22. The van der Waals surface area contributed by atoms with Crippen LogP contribution < -0.4 is 0 Å². The molecule has 3 nitrogen and oxygen atoms in total. The first-order chi connectivity index (χ1) is 10.5. The Morgan fingerprint density at radius 2 is 2.05 bits per heavy atom. The van der Waals surface area contributed by atoms with Gasteiger partial charge >= 0.3 is 0 Å². The minimum atomic E-state index is -0.456. The van der Waals surface area contributed by atoms with E-state index in [1.165, 1.54) is 0 Å². The maximum absolute atomic E-state index is 12.1. The topological polar surface area (TPSA) is 54.4 Å². The van der Waals surface area contributed by atoms with E-state index in [9.17, 15) is 14.7 Å². The fourth-order valence-electron chi connectivity index (χ4n) is 5.92. The van der Waals surface area contributed by atoms with E-state index < -0.39 is 5.41 Å². The van der Waals surface area contributed by atoms with Crippen molar-refractivity contribution in [1.82, 2.24) is 0 Å². The van der Waals surface area contributed by atoms with Crippen molar-refractivity contribution in [3.8, 4) is 0 Å². The van der Waals surface area contributed by atoms with Crippen LogP contribution in [0.15, 0.2) is 23.8 Å². The average molecular weight is 300 g/mol. The average Bonchev–Trinajstić information content (AvgIpc) is 2.82. The lowest BCUT2D eigenvalue weighted by atomic mass is 9.49. The second kappa shape index (κ2) is 4.64. The van der Waals surface area contributed by atoms with Gasteiger partial charge < -0.3 is 9.90 Å². The Bertz CT molecular complexity index is 589. The lowest BCUT2D eigenvalue weighted by Crippen LogP contribution is -2.51. The molecular formula is C19H24O3. The summed E-state index contributed by atoms with van der Waals surface area (Å²) in [5.41, 5.74) is 0.478. The molecule has 0 unspecified atom stereocenters. The first kappa shape index (κ1) is 14.4. The van der Waals surface area contributed by atoms with Gasteiger partial charge in [-0.05, 0) is 66.9 Å². The molecule has 4 aliphatic carbocycles. The van der Waals surface area contributed by atoms with Gasteiger partial charge in [-0.1, -0.05) is 19.1 Å². The molecule has 118 valence electrons. The quantitative estimate of drug-likeness (QED) is 0.758. The predicted molar refractivity (Wildman–Crippen MR) is 83.0 cm³/mol. The van der Waals surface area contributed by atoms with Crippen LogP contribution in [-0.2, 0) is 9.59 Å². The first-order valence-corrected chi connectivity index (χ1v) is 8.59. The molecule has 4 aliphatic rings. The van der Waals surface area contributed by atoms with Gasteiger partial charge in [0.2, 0.25) is 0 Å². The molecule has 0 aromatic carbocycles. The van der Waals surface area contributed by atoms with Gasteiger partial charge in [0, 0.05) is 6.42 Å². The van der Waals surface area contributed by atoms with Crippen LogP contribution in [0.1, 0.15) is 45.4 Å². The van der Waals surface area contributed by atoms with Gasteiger partial charge in [0.25, 0.3) is 0 Å². The molecule has 0 bridgehead atoms. The Morgan fingerprint density at radius 3 is 2.82 bits per heavy atom. The largest absolute Gasteiger partial charge is 0.393 e. The number of aliphatic hydroxyl groups excluding tert-OH is 1. The summed E-state index contributed by atoms with van der Waals surface area (Å²) in [6, 6.07) is 0. The van der Waals surface area contributed by atoms with Crippen molar-refractivity contribution in [1.29, 1.82) is 0 Å². The Hall–Kier alpha value is -1.22. The lowest BCUT2D eigenvalue weighted by Gasteiger charge is -2.54. The Morgan fingerprint density at radius 1 is 1.23 bits per heavy atom. The Balaban J connectivity index is 1.79. The van der Waals surface area contributed by atoms with Gasteiger partial charge in [-0.25, -0.2) is 0 Å². The highest BCUT2D eigenvalue weighted by molar-refractivity contribution is 5.94. The molecule has 0 radical (unpaired) electrons. The van der Waals surface area contributed by atoms with Crippen molar-refractivity contribution < 1.29 is 14.7 Å². The van der Waals surface area contributed by atoms with E-state index in [1.807, 2.05) is 6.08 Å². The number of carbonyl (C=O) groups is 2. The van der Waals surface area contributed by atoms with Crippen LogP contribution in [0.25, 0.3) is 0 Å². The van der Waals surface area contributed by atoms with Crippen molar-refractivity contribution in [3.63, 3.8) is 0 Å². The molecule has 22 heavy (non-hydrogen) atoms. The van der Waals surface area contributed by atoms with Crippen LogP contribution >= 0.6 is 0 Å². The molecule has 0 saturated heterocycles. The first-order valence-electron chi connectivity index (χ1n) is 8.59. The zero-order chi connectivity index (χ0) is 15.5. The van der Waals surface area contributed by atoms with Crippen LogP contribution in [0.5, 0.6) is 0 Å². The highest BCUT2D eigenvalue weighted by atomic mass is 16.3. The molecule has 0 aromatic heterocycles. The van der Waals surface area contributed by atoms with Gasteiger partial charge in [-0.15, -0.1) is 0 Å². The fraction of sp³-hybridized carbons (Fsp3) is 0.684. The van der Waals surface area contributed by atoms with Gasteiger partial charge in [0.1, 0.15) is 6.29 Å². The molecule has 0 aromatic rings. The second-order valence-corrected chi connectivity index (χ2v) is 8.01. The zero-order valence-corrected chi connectivity index (χ0v) is 13.1. The SMILES string of the molecule is C[C@]12CC[C@H]3[C@@H](C=CC4=CC(=O)CC[C@@]43C=O)[C@@H]1CC[C@@H]2O. The lowest BCUT2D eigenvalue weighted by molar-refractivity contribution is -0.125. The molecule has 4 rings (SSSR count). The molecule has 2 saturated carbocycles. The molecule has 0 aliphatic heterocycles. The standard InChI is InChI=1S/C19H24O3/c1-18-8-7-16-14(15(18)4-5-17(18)22)3-2-12-10-13(21)6-9-19(12,16)11-20/h2-3,10-11,14-17,22H,4-9H2,1H3/t14-,15-,16-,17-,18-,19+/m0/s1. The fourth-order valence-corrected chi connectivity index (χ4v) is 5.92. The summed E-state index contributed by atoms with van der Waals surface area (Å²) in [5, 5.41) is 10.4. The van der Waals surface area contributed by atoms with Gasteiger partial charge in [-0.2, -0.15) is 0 Å². The Labute approximate surface area is 131 Å². The van der Waals surface area contributed by atoms with E-state index in [0.29, 0.717) is 30.6 Å². The number of ketones is 1. The maximum Gasteiger partial charge on any atom is 0.156 e. The van der Waals surface area contributed by atoms with Crippen LogP contribution in [0.2, 0.25) is 0 Å². The van der Waals surface area contributed by atoms with Crippen LogP contribution in [-0.4, -0.2) is 23.3 Å². The third kappa shape index (κ3) is 1.66. The maximum atomic E-state index is 12.1. The van der Waals surface area contributed by atoms with Gasteiger partial charge in [0.05, 0.1) is 11.5 Å². The molecule has 0 heterocycles. The summed E-state index contributed by atoms with van der Waals surface area (Å²) in [4.78, 5) is 23.8. The molecule has 2 fully saturated rings. The minimum Gasteiger partial charge on any atom is -0.393 e. The summed E-state index contributed by atoms with van der Waals surface area (Å²) < 4.78 is 0. The van der Waals surface area contributed by atoms with Crippen LogP contribution in [0.3, 0.4) is 0 Å². The number of hydrogen-bond acceptors (Lipinski definition) is 3. The normalized spacial score (nSPS) is 49.9. The van der Waals surface area contributed by atoms with E-state index in [4.69, 9.17) is 0 Å². The van der Waals surface area contributed by atoms with Crippen LogP contribution in [0, 0.1) is 28.6 Å². The summed E-state index contributed by atoms with van der Waals surface area (Å²) in [5.74, 6) is 1.28. The van der Waals surface area contributed by atoms with Crippen molar-refractivity contribution in [2.24, 2.45) is 28.6 Å². The van der Waals surface area contributed by atoms with E-state index >= 15 is 0 Å². The number of fused-ring (bicyclic) bond motifs is 5. The van der Waals surface area contributed by atoms with Crippen molar-refractivity contribution >= 4 is 12.1 Å².